The molecule has 0 fully saturated rings. The van der Waals surface area contributed by atoms with Crippen LogP contribution in [0.3, 0.4) is 0 Å². The van der Waals surface area contributed by atoms with E-state index in [0.717, 1.165) is 11.1 Å². The summed E-state index contributed by atoms with van der Waals surface area (Å²) in [6, 6.07) is 21.0. The van der Waals surface area contributed by atoms with Crippen molar-refractivity contribution in [1.82, 2.24) is 0 Å². The molecule has 0 saturated heterocycles. The maximum atomic E-state index is 12.1. The average Bonchev–Trinajstić information content (AvgIpc) is 2.73. The number of hydrogen-bond donors (Lipinski definition) is 1. The molecule has 0 spiro atoms. The smallest absolute Gasteiger partial charge is 0.271 e. The van der Waals surface area contributed by atoms with Crippen molar-refractivity contribution in [3.05, 3.63) is 105 Å². The van der Waals surface area contributed by atoms with Gasteiger partial charge in [0.2, 0.25) is 5.91 Å². The number of carbonyl (C=O) groups is 1. The fourth-order valence-electron chi connectivity index (χ4n) is 2.51. The van der Waals surface area contributed by atoms with Crippen molar-refractivity contribution in [2.75, 3.05) is 5.32 Å². The quantitative estimate of drug-likeness (QED) is 0.319. The lowest BCUT2D eigenvalue weighted by Crippen LogP contribution is -2.08. The molecule has 0 aliphatic carbocycles. The van der Waals surface area contributed by atoms with Crippen LogP contribution in [0.25, 0.3) is 6.08 Å². The number of anilines is 1. The number of nitro groups is 1. The van der Waals surface area contributed by atoms with E-state index in [9.17, 15) is 14.9 Å². The molecule has 0 unspecified atom stereocenters. The van der Waals surface area contributed by atoms with E-state index < -0.39 is 10.8 Å². The Hall–Kier alpha value is -3.64. The summed E-state index contributed by atoms with van der Waals surface area (Å²) in [7, 11) is 0. The molecule has 0 atom stereocenters. The molecular weight excluding hydrogens is 392 g/mol. The van der Waals surface area contributed by atoms with E-state index in [1.165, 1.54) is 24.3 Å². The third-order valence-electron chi connectivity index (χ3n) is 3.95. The van der Waals surface area contributed by atoms with Gasteiger partial charge in [-0.1, -0.05) is 54.1 Å². The molecule has 3 aromatic carbocycles. The Morgan fingerprint density at radius 1 is 1.07 bits per heavy atom. The predicted octanol–water partition coefficient (Wildman–Crippen LogP) is 5.48. The molecule has 7 heteroatoms. The summed E-state index contributed by atoms with van der Waals surface area (Å²) in [6.45, 7) is 0.452. The molecule has 0 bridgehead atoms. The standard InChI is InChI=1S/C22H17ClN2O4/c23-20-14-18(25(27)28)10-11-21(20)24-22(26)12-9-16-7-4-8-19(13-16)29-15-17-5-2-1-3-6-17/h1-14H,15H2,(H,24,26)/b12-9+. The molecule has 3 aromatic rings. The Balaban J connectivity index is 1.60. The molecule has 0 aliphatic heterocycles. The van der Waals surface area contributed by atoms with Gasteiger partial charge in [-0.3, -0.25) is 14.9 Å². The van der Waals surface area contributed by atoms with E-state index in [1.807, 2.05) is 54.6 Å². The summed E-state index contributed by atoms with van der Waals surface area (Å²) < 4.78 is 5.77. The maximum absolute atomic E-state index is 12.1. The predicted molar refractivity (Wildman–Crippen MR) is 113 cm³/mol. The van der Waals surface area contributed by atoms with Crippen molar-refractivity contribution in [3.8, 4) is 5.75 Å². The van der Waals surface area contributed by atoms with E-state index in [1.54, 1.807) is 6.08 Å². The first kappa shape index (κ1) is 20.1. The molecule has 0 heterocycles. The number of nitrogens with one attached hydrogen (secondary N) is 1. The maximum Gasteiger partial charge on any atom is 0.271 e. The van der Waals surface area contributed by atoms with Crippen molar-refractivity contribution >= 4 is 35.0 Å². The Labute approximate surface area is 172 Å². The molecule has 6 nitrogen and oxygen atoms in total. The second kappa shape index (κ2) is 9.52. The van der Waals surface area contributed by atoms with Crippen molar-refractivity contribution in [2.45, 2.75) is 6.61 Å². The third-order valence-corrected chi connectivity index (χ3v) is 4.27. The first-order valence-corrected chi connectivity index (χ1v) is 9.09. The summed E-state index contributed by atoms with van der Waals surface area (Å²) in [5.41, 5.74) is 2.01. The molecule has 0 radical (unpaired) electrons. The number of benzene rings is 3. The lowest BCUT2D eigenvalue weighted by Gasteiger charge is -2.07. The third kappa shape index (κ3) is 5.92. The minimum Gasteiger partial charge on any atom is -0.489 e. The van der Waals surface area contributed by atoms with Gasteiger partial charge in [-0.2, -0.15) is 0 Å². The summed E-state index contributed by atoms with van der Waals surface area (Å²) in [5, 5.41) is 13.4. The number of halogens is 1. The summed E-state index contributed by atoms with van der Waals surface area (Å²) >= 11 is 5.98. The van der Waals surface area contributed by atoms with Gasteiger partial charge in [0, 0.05) is 18.2 Å². The Kier molecular flexibility index (Phi) is 6.60. The average molecular weight is 409 g/mol. The lowest BCUT2D eigenvalue weighted by atomic mass is 10.2. The first-order valence-electron chi connectivity index (χ1n) is 8.71. The van der Waals surface area contributed by atoms with E-state index >= 15 is 0 Å². The van der Waals surface area contributed by atoms with Gasteiger partial charge in [0.15, 0.2) is 0 Å². The van der Waals surface area contributed by atoms with Gasteiger partial charge in [-0.25, -0.2) is 0 Å². The number of rotatable bonds is 7. The van der Waals surface area contributed by atoms with Crippen molar-refractivity contribution in [3.63, 3.8) is 0 Å². The number of amides is 1. The lowest BCUT2D eigenvalue weighted by molar-refractivity contribution is -0.384. The minimum absolute atomic E-state index is 0.0947. The number of hydrogen-bond acceptors (Lipinski definition) is 4. The van der Waals surface area contributed by atoms with Gasteiger partial charge >= 0.3 is 0 Å². The zero-order valence-electron chi connectivity index (χ0n) is 15.2. The monoisotopic (exact) mass is 408 g/mol. The van der Waals surface area contributed by atoms with Crippen LogP contribution in [-0.4, -0.2) is 10.8 Å². The van der Waals surface area contributed by atoms with Crippen LogP contribution in [0.15, 0.2) is 78.9 Å². The van der Waals surface area contributed by atoms with E-state index in [0.29, 0.717) is 18.0 Å². The molecule has 1 N–H and O–H groups in total. The van der Waals surface area contributed by atoms with Gasteiger partial charge in [0.05, 0.1) is 15.6 Å². The van der Waals surface area contributed by atoms with Crippen LogP contribution in [0.4, 0.5) is 11.4 Å². The molecule has 29 heavy (non-hydrogen) atoms. The Morgan fingerprint density at radius 2 is 1.86 bits per heavy atom. The first-order chi connectivity index (χ1) is 14.0. The highest BCUT2D eigenvalue weighted by Gasteiger charge is 2.10. The fourth-order valence-corrected chi connectivity index (χ4v) is 2.74. The molecule has 1 amide bonds. The number of carbonyl (C=O) groups excluding carboxylic acids is 1. The highest BCUT2D eigenvalue weighted by molar-refractivity contribution is 6.34. The molecule has 0 saturated carbocycles. The molecule has 3 rings (SSSR count). The van der Waals surface area contributed by atoms with Crippen LogP contribution in [-0.2, 0) is 11.4 Å². The van der Waals surface area contributed by atoms with Crippen LogP contribution < -0.4 is 10.1 Å². The van der Waals surface area contributed by atoms with Crippen LogP contribution in [0.5, 0.6) is 5.75 Å². The highest BCUT2D eigenvalue weighted by atomic mass is 35.5. The number of nitrogens with zero attached hydrogens (tertiary/aromatic N) is 1. The van der Waals surface area contributed by atoms with Gasteiger partial charge in [-0.15, -0.1) is 0 Å². The van der Waals surface area contributed by atoms with Crippen molar-refractivity contribution < 1.29 is 14.5 Å². The molecular formula is C22H17ClN2O4. The summed E-state index contributed by atoms with van der Waals surface area (Å²) in [4.78, 5) is 22.3. The largest absolute Gasteiger partial charge is 0.489 e. The molecule has 146 valence electrons. The van der Waals surface area contributed by atoms with Crippen molar-refractivity contribution in [1.29, 1.82) is 0 Å². The number of non-ortho nitro benzene ring substituents is 1. The SMILES string of the molecule is O=C(/C=C/c1cccc(OCc2ccccc2)c1)Nc1ccc([N+](=O)[O-])cc1Cl. The van der Waals surface area contributed by atoms with Crippen LogP contribution in [0.1, 0.15) is 11.1 Å². The molecule has 0 aliphatic rings. The Morgan fingerprint density at radius 3 is 2.59 bits per heavy atom. The van der Waals surface area contributed by atoms with Crippen LogP contribution >= 0.6 is 11.6 Å². The topological polar surface area (TPSA) is 81.5 Å². The van der Waals surface area contributed by atoms with Gasteiger partial charge in [0.25, 0.3) is 5.69 Å². The van der Waals surface area contributed by atoms with Crippen LogP contribution in [0.2, 0.25) is 5.02 Å². The Bertz CT molecular complexity index is 1050. The van der Waals surface area contributed by atoms with Gasteiger partial charge in [-0.05, 0) is 35.4 Å². The fraction of sp³-hybridized carbons (Fsp3) is 0.0455. The zero-order valence-corrected chi connectivity index (χ0v) is 16.0. The van der Waals surface area contributed by atoms with Crippen molar-refractivity contribution in [2.24, 2.45) is 0 Å². The summed E-state index contributed by atoms with van der Waals surface area (Å²) in [6.07, 6.45) is 3.00. The second-order valence-electron chi connectivity index (χ2n) is 6.09. The second-order valence-corrected chi connectivity index (χ2v) is 6.50. The van der Waals surface area contributed by atoms with E-state index in [2.05, 4.69) is 5.32 Å². The number of ether oxygens (including phenoxy) is 1. The highest BCUT2D eigenvalue weighted by Crippen LogP contribution is 2.26. The van der Waals surface area contributed by atoms with Crippen LogP contribution in [0, 0.1) is 10.1 Å². The van der Waals surface area contributed by atoms with E-state index in [-0.39, 0.29) is 10.7 Å². The minimum atomic E-state index is -0.551. The summed E-state index contributed by atoms with van der Waals surface area (Å²) in [5.74, 6) is 0.284. The van der Waals surface area contributed by atoms with E-state index in [4.69, 9.17) is 16.3 Å². The van der Waals surface area contributed by atoms with Gasteiger partial charge in [0.1, 0.15) is 12.4 Å². The normalized spacial score (nSPS) is 10.7. The molecule has 0 aromatic heterocycles. The van der Waals surface area contributed by atoms with Gasteiger partial charge < -0.3 is 10.1 Å². The number of nitro benzene ring substituents is 1. The zero-order chi connectivity index (χ0) is 20.6.